The predicted molar refractivity (Wildman–Crippen MR) is 83.6 cm³/mol. The molecule has 0 bridgehead atoms. The van der Waals surface area contributed by atoms with Gasteiger partial charge in [-0.2, -0.15) is 4.98 Å². The molecule has 0 atom stereocenters. The van der Waals surface area contributed by atoms with Gasteiger partial charge in [0.15, 0.2) is 0 Å². The first-order valence-corrected chi connectivity index (χ1v) is 6.69. The molecule has 4 nitrogen and oxygen atoms in total. The molecule has 0 aliphatic rings. The second kappa shape index (κ2) is 4.52. The monoisotopic (exact) mass is 275 g/mol. The number of H-pyrrole nitrogens is 1. The maximum Gasteiger partial charge on any atom is 0.292 e. The van der Waals surface area contributed by atoms with E-state index >= 15 is 0 Å². The van der Waals surface area contributed by atoms with Crippen LogP contribution in [0.1, 0.15) is 0 Å². The molecule has 4 rings (SSSR count). The molecule has 2 heterocycles. The van der Waals surface area contributed by atoms with E-state index in [0.29, 0.717) is 0 Å². The molecule has 0 fully saturated rings. The number of nitrogens with one attached hydrogen (secondary N) is 1. The number of fused-ring (bicyclic) bond motifs is 1. The van der Waals surface area contributed by atoms with Crippen molar-refractivity contribution in [3.8, 4) is 22.4 Å². The van der Waals surface area contributed by atoms with Crippen LogP contribution >= 0.6 is 0 Å². The molecule has 0 radical (unpaired) electrons. The molecule has 2 aromatic heterocycles. The number of hydrogen-bond donors (Lipinski definition) is 2. The third-order valence-corrected chi connectivity index (χ3v) is 3.59. The minimum Gasteiger partial charge on any atom is -0.432 e. The van der Waals surface area contributed by atoms with E-state index in [1.165, 1.54) is 11.1 Å². The maximum atomic E-state index is 5.56. The van der Waals surface area contributed by atoms with Crippen LogP contribution in [-0.4, -0.2) is 9.97 Å². The summed E-state index contributed by atoms with van der Waals surface area (Å²) in [5.41, 5.74) is 10.7. The molecule has 0 spiro atoms. The second-order valence-electron chi connectivity index (χ2n) is 4.90. The van der Waals surface area contributed by atoms with E-state index in [9.17, 15) is 0 Å². The third kappa shape index (κ3) is 1.97. The normalized spacial score (nSPS) is 11.0. The van der Waals surface area contributed by atoms with Crippen molar-refractivity contribution in [1.82, 2.24) is 9.97 Å². The zero-order valence-corrected chi connectivity index (χ0v) is 11.2. The van der Waals surface area contributed by atoms with Gasteiger partial charge < -0.3 is 15.1 Å². The summed E-state index contributed by atoms with van der Waals surface area (Å²) in [6, 6.07) is 16.8. The highest BCUT2D eigenvalue weighted by molar-refractivity contribution is 5.97. The predicted octanol–water partition coefficient (Wildman–Crippen LogP) is 4.07. The number of rotatable bonds is 2. The average Bonchev–Trinajstić information content (AvgIpc) is 3.13. The SMILES string of the molecule is Nc1nc(-c2c[nH]c3ccc(-c4ccccc4)cc23)co1. The minimum atomic E-state index is 0.179. The molecular formula is C17H13N3O. The van der Waals surface area contributed by atoms with E-state index in [1.54, 1.807) is 6.26 Å². The van der Waals surface area contributed by atoms with Gasteiger partial charge in [0, 0.05) is 22.7 Å². The van der Waals surface area contributed by atoms with Gasteiger partial charge in [-0.25, -0.2) is 0 Å². The highest BCUT2D eigenvalue weighted by atomic mass is 16.4. The lowest BCUT2D eigenvalue weighted by molar-refractivity contribution is 0.581. The van der Waals surface area contributed by atoms with Gasteiger partial charge in [0.2, 0.25) is 0 Å². The van der Waals surface area contributed by atoms with E-state index in [2.05, 4.69) is 40.3 Å². The van der Waals surface area contributed by atoms with Crippen LogP contribution in [0.3, 0.4) is 0 Å². The molecule has 4 aromatic rings. The van der Waals surface area contributed by atoms with Crippen LogP contribution in [0, 0.1) is 0 Å². The fourth-order valence-corrected chi connectivity index (χ4v) is 2.55. The Bertz CT molecular complexity index is 906. The Kier molecular flexibility index (Phi) is 2.54. The number of oxazole rings is 1. The van der Waals surface area contributed by atoms with Crippen LogP contribution in [0.2, 0.25) is 0 Å². The molecule has 0 aliphatic carbocycles. The van der Waals surface area contributed by atoms with Crippen LogP contribution in [0.25, 0.3) is 33.3 Å². The molecule has 102 valence electrons. The number of nitrogens with zero attached hydrogens (tertiary/aromatic N) is 1. The van der Waals surface area contributed by atoms with Gasteiger partial charge in [0.05, 0.1) is 0 Å². The Morgan fingerprint density at radius 3 is 2.62 bits per heavy atom. The Balaban J connectivity index is 1.90. The molecule has 0 aliphatic heterocycles. The topological polar surface area (TPSA) is 67.8 Å². The number of benzene rings is 2. The molecule has 21 heavy (non-hydrogen) atoms. The number of hydrogen-bond acceptors (Lipinski definition) is 3. The third-order valence-electron chi connectivity index (χ3n) is 3.59. The van der Waals surface area contributed by atoms with E-state index in [0.717, 1.165) is 22.2 Å². The van der Waals surface area contributed by atoms with Gasteiger partial charge in [-0.05, 0) is 23.3 Å². The highest BCUT2D eigenvalue weighted by Crippen LogP contribution is 2.31. The number of aromatic nitrogens is 2. The van der Waals surface area contributed by atoms with Crippen LogP contribution in [0.4, 0.5) is 6.01 Å². The second-order valence-corrected chi connectivity index (χ2v) is 4.90. The first-order chi connectivity index (χ1) is 10.3. The van der Waals surface area contributed by atoms with Crippen molar-refractivity contribution in [2.75, 3.05) is 5.73 Å². The van der Waals surface area contributed by atoms with Crippen molar-refractivity contribution in [3.05, 3.63) is 61.0 Å². The fraction of sp³-hybridized carbons (Fsp3) is 0. The highest BCUT2D eigenvalue weighted by Gasteiger charge is 2.11. The van der Waals surface area contributed by atoms with Gasteiger partial charge in [-0.1, -0.05) is 36.4 Å². The summed E-state index contributed by atoms with van der Waals surface area (Å²) in [7, 11) is 0. The first kappa shape index (κ1) is 11.8. The van der Waals surface area contributed by atoms with Crippen molar-refractivity contribution in [2.24, 2.45) is 0 Å². The Labute approximate surface area is 121 Å². The lowest BCUT2D eigenvalue weighted by atomic mass is 10.0. The van der Waals surface area contributed by atoms with Crippen LogP contribution < -0.4 is 5.73 Å². The number of nitrogen functional groups attached to an aromatic ring is 1. The number of aromatic amines is 1. The van der Waals surface area contributed by atoms with Crippen LogP contribution in [0.5, 0.6) is 0 Å². The van der Waals surface area contributed by atoms with Gasteiger partial charge in [-0.15, -0.1) is 0 Å². The molecule has 4 heteroatoms. The minimum absolute atomic E-state index is 0.179. The molecule has 3 N–H and O–H groups in total. The van der Waals surface area contributed by atoms with Crippen molar-refractivity contribution in [3.63, 3.8) is 0 Å². The van der Waals surface area contributed by atoms with Crippen molar-refractivity contribution >= 4 is 16.9 Å². The summed E-state index contributed by atoms with van der Waals surface area (Å²) in [5, 5.41) is 1.10. The average molecular weight is 275 g/mol. The van der Waals surface area contributed by atoms with Gasteiger partial charge in [0.25, 0.3) is 6.01 Å². The number of anilines is 1. The molecule has 0 saturated carbocycles. The number of nitrogens with two attached hydrogens (primary N) is 1. The van der Waals surface area contributed by atoms with Crippen molar-refractivity contribution in [2.45, 2.75) is 0 Å². The lowest BCUT2D eigenvalue weighted by Gasteiger charge is -2.02. The summed E-state index contributed by atoms with van der Waals surface area (Å²) in [6.45, 7) is 0. The summed E-state index contributed by atoms with van der Waals surface area (Å²) in [4.78, 5) is 7.45. The standard InChI is InChI=1S/C17H13N3O/c18-17-20-16(10-21-17)14-9-19-15-7-6-12(8-13(14)15)11-4-2-1-3-5-11/h1-10,19H,(H2,18,20). The largest absolute Gasteiger partial charge is 0.432 e. The fourth-order valence-electron chi connectivity index (χ4n) is 2.55. The van der Waals surface area contributed by atoms with Crippen LogP contribution in [0.15, 0.2) is 65.4 Å². The Hall–Kier alpha value is -3.01. The summed E-state index contributed by atoms with van der Waals surface area (Å²) in [6.07, 6.45) is 3.50. The van der Waals surface area contributed by atoms with Gasteiger partial charge >= 0.3 is 0 Å². The van der Waals surface area contributed by atoms with E-state index in [-0.39, 0.29) is 6.01 Å². The summed E-state index contributed by atoms with van der Waals surface area (Å²) in [5.74, 6) is 0. The summed E-state index contributed by atoms with van der Waals surface area (Å²) < 4.78 is 5.10. The van der Waals surface area contributed by atoms with Crippen molar-refractivity contribution in [1.29, 1.82) is 0 Å². The zero-order valence-electron chi connectivity index (χ0n) is 11.2. The molecular weight excluding hydrogens is 262 g/mol. The summed E-state index contributed by atoms with van der Waals surface area (Å²) >= 11 is 0. The first-order valence-electron chi connectivity index (χ1n) is 6.69. The molecule has 0 unspecified atom stereocenters. The van der Waals surface area contributed by atoms with Crippen LogP contribution in [-0.2, 0) is 0 Å². The lowest BCUT2D eigenvalue weighted by Crippen LogP contribution is -1.83. The zero-order chi connectivity index (χ0) is 14.2. The Morgan fingerprint density at radius 2 is 1.86 bits per heavy atom. The quantitative estimate of drug-likeness (QED) is 0.579. The van der Waals surface area contributed by atoms with Crippen molar-refractivity contribution < 1.29 is 4.42 Å². The molecule has 2 aromatic carbocycles. The smallest absolute Gasteiger partial charge is 0.292 e. The molecule has 0 amide bonds. The van der Waals surface area contributed by atoms with Gasteiger partial charge in [0.1, 0.15) is 12.0 Å². The Morgan fingerprint density at radius 1 is 1.00 bits per heavy atom. The van der Waals surface area contributed by atoms with E-state index < -0.39 is 0 Å². The van der Waals surface area contributed by atoms with E-state index in [1.807, 2.05) is 24.4 Å². The molecule has 0 saturated heterocycles. The van der Waals surface area contributed by atoms with E-state index in [4.69, 9.17) is 10.2 Å². The maximum absolute atomic E-state index is 5.56. The van der Waals surface area contributed by atoms with Gasteiger partial charge in [-0.3, -0.25) is 0 Å².